The Kier molecular flexibility index (Phi) is 4.81. The van der Waals surface area contributed by atoms with E-state index in [0.717, 1.165) is 0 Å². The molecule has 3 nitrogen and oxygen atoms in total. The maximum atomic E-state index is 12.9. The number of hydrogen-bond acceptors (Lipinski definition) is 3. The zero-order valence-corrected chi connectivity index (χ0v) is 9.09. The first-order valence-corrected chi connectivity index (χ1v) is 4.86. The summed E-state index contributed by atoms with van der Waals surface area (Å²) in [4.78, 5) is 0. The summed E-state index contributed by atoms with van der Waals surface area (Å²) in [6.45, 7) is 0.518. The molecular formula is C10H13ClFNO2. The molecule has 0 spiro atoms. The van der Waals surface area contributed by atoms with Gasteiger partial charge >= 0.3 is 0 Å². The molecule has 1 unspecified atom stereocenters. The summed E-state index contributed by atoms with van der Waals surface area (Å²) in [7, 11) is 1.50. The normalized spacial score (nSPS) is 12.5. The van der Waals surface area contributed by atoms with Gasteiger partial charge in [-0.2, -0.15) is 0 Å². The first-order chi connectivity index (χ1) is 7.11. The van der Waals surface area contributed by atoms with Crippen molar-refractivity contribution in [3.05, 3.63) is 29.0 Å². The average Bonchev–Trinajstić information content (AvgIpc) is 2.14. The van der Waals surface area contributed by atoms with Gasteiger partial charge in [0.15, 0.2) is 0 Å². The molecule has 1 aromatic carbocycles. The van der Waals surface area contributed by atoms with Crippen molar-refractivity contribution >= 4 is 17.3 Å². The smallest absolute Gasteiger partial charge is 0.126 e. The minimum absolute atomic E-state index is 0.232. The summed E-state index contributed by atoms with van der Waals surface area (Å²) in [5.74, 6) is -0.411. The fourth-order valence-electron chi connectivity index (χ4n) is 1.14. The van der Waals surface area contributed by atoms with Gasteiger partial charge in [-0.25, -0.2) is 4.39 Å². The zero-order chi connectivity index (χ0) is 11.3. The van der Waals surface area contributed by atoms with Gasteiger partial charge in [0.25, 0.3) is 0 Å². The van der Waals surface area contributed by atoms with Crippen LogP contribution in [0.4, 0.5) is 10.1 Å². The molecule has 0 aliphatic rings. The average molecular weight is 234 g/mol. The Morgan fingerprint density at radius 1 is 1.53 bits per heavy atom. The fourth-order valence-corrected chi connectivity index (χ4v) is 1.36. The van der Waals surface area contributed by atoms with Gasteiger partial charge in [-0.1, -0.05) is 11.6 Å². The van der Waals surface area contributed by atoms with E-state index in [4.69, 9.17) is 16.3 Å². The Bertz CT molecular complexity index is 302. The third-order valence-electron chi connectivity index (χ3n) is 1.76. The predicted molar refractivity (Wildman–Crippen MR) is 57.8 cm³/mol. The van der Waals surface area contributed by atoms with Gasteiger partial charge in [-0.05, 0) is 18.2 Å². The van der Waals surface area contributed by atoms with Crippen molar-refractivity contribution in [1.29, 1.82) is 0 Å². The van der Waals surface area contributed by atoms with Crippen LogP contribution in [0.15, 0.2) is 18.2 Å². The molecule has 2 N–H and O–H groups in total. The molecule has 0 aliphatic carbocycles. The molecular weight excluding hydrogens is 221 g/mol. The summed E-state index contributed by atoms with van der Waals surface area (Å²) in [6.07, 6.45) is -0.628. The molecule has 1 aromatic rings. The van der Waals surface area contributed by atoms with Crippen molar-refractivity contribution in [1.82, 2.24) is 0 Å². The highest BCUT2D eigenvalue weighted by Gasteiger charge is 2.04. The van der Waals surface area contributed by atoms with Crippen LogP contribution in [-0.4, -0.2) is 31.5 Å². The Morgan fingerprint density at radius 3 is 2.87 bits per heavy atom. The number of methoxy groups -OCH3 is 1. The molecule has 1 rings (SSSR count). The lowest BCUT2D eigenvalue weighted by molar-refractivity contribution is 0.0727. The number of benzene rings is 1. The van der Waals surface area contributed by atoms with Crippen molar-refractivity contribution in [3.8, 4) is 0 Å². The standard InChI is InChI=1S/C10H13ClFNO2/c1-15-6-10(14)5-13-9-3-7(11)2-8(12)4-9/h2-4,10,13-14H,5-6H2,1H3. The SMILES string of the molecule is COCC(O)CNc1cc(F)cc(Cl)c1. The second-order valence-corrected chi connectivity index (χ2v) is 3.58. The molecule has 5 heteroatoms. The van der Waals surface area contributed by atoms with E-state index in [1.807, 2.05) is 0 Å². The van der Waals surface area contributed by atoms with Gasteiger partial charge in [-0.3, -0.25) is 0 Å². The third-order valence-corrected chi connectivity index (χ3v) is 1.98. The minimum atomic E-state index is -0.628. The molecule has 0 amide bonds. The summed E-state index contributed by atoms with van der Waals surface area (Å²) in [5, 5.41) is 12.5. The van der Waals surface area contributed by atoms with E-state index >= 15 is 0 Å². The molecule has 0 fully saturated rings. The summed E-state index contributed by atoms with van der Waals surface area (Å²) < 4.78 is 17.6. The number of halogens is 2. The number of anilines is 1. The highest BCUT2D eigenvalue weighted by molar-refractivity contribution is 6.30. The summed E-state index contributed by atoms with van der Waals surface area (Å²) >= 11 is 5.66. The van der Waals surface area contributed by atoms with Crippen LogP contribution in [0.1, 0.15) is 0 Å². The Hall–Kier alpha value is -0.840. The maximum absolute atomic E-state index is 12.9. The number of ether oxygens (including phenoxy) is 1. The van der Waals surface area contributed by atoms with Gasteiger partial charge in [0, 0.05) is 24.4 Å². The van der Waals surface area contributed by atoms with E-state index in [9.17, 15) is 9.50 Å². The van der Waals surface area contributed by atoms with Crippen molar-refractivity contribution in [2.24, 2.45) is 0 Å². The van der Waals surface area contributed by atoms with Crippen LogP contribution in [0, 0.1) is 5.82 Å². The van der Waals surface area contributed by atoms with Crippen molar-refractivity contribution in [3.63, 3.8) is 0 Å². The van der Waals surface area contributed by atoms with Crippen LogP contribution in [0.2, 0.25) is 5.02 Å². The molecule has 0 saturated heterocycles. The Morgan fingerprint density at radius 2 is 2.27 bits per heavy atom. The van der Waals surface area contributed by atoms with E-state index in [0.29, 0.717) is 10.7 Å². The number of aliphatic hydroxyl groups excluding tert-OH is 1. The molecule has 0 bridgehead atoms. The van der Waals surface area contributed by atoms with E-state index < -0.39 is 11.9 Å². The molecule has 0 aromatic heterocycles. The molecule has 0 aliphatic heterocycles. The van der Waals surface area contributed by atoms with Crippen molar-refractivity contribution in [2.75, 3.05) is 25.6 Å². The lowest BCUT2D eigenvalue weighted by Crippen LogP contribution is -2.24. The van der Waals surface area contributed by atoms with Crippen LogP contribution in [0.3, 0.4) is 0 Å². The van der Waals surface area contributed by atoms with Gasteiger partial charge in [-0.15, -0.1) is 0 Å². The largest absolute Gasteiger partial charge is 0.389 e. The highest BCUT2D eigenvalue weighted by Crippen LogP contribution is 2.17. The first-order valence-electron chi connectivity index (χ1n) is 4.49. The van der Waals surface area contributed by atoms with Gasteiger partial charge in [0.05, 0.1) is 12.7 Å². The van der Waals surface area contributed by atoms with E-state index in [-0.39, 0.29) is 13.2 Å². The summed E-state index contributed by atoms with van der Waals surface area (Å²) in [5.41, 5.74) is 0.537. The molecule has 15 heavy (non-hydrogen) atoms. The van der Waals surface area contributed by atoms with Crippen LogP contribution < -0.4 is 5.32 Å². The van der Waals surface area contributed by atoms with Crippen molar-refractivity contribution in [2.45, 2.75) is 6.10 Å². The highest BCUT2D eigenvalue weighted by atomic mass is 35.5. The Balaban J connectivity index is 2.50. The van der Waals surface area contributed by atoms with Crippen LogP contribution in [0.5, 0.6) is 0 Å². The second-order valence-electron chi connectivity index (χ2n) is 3.15. The molecule has 84 valence electrons. The molecule has 0 saturated carbocycles. The first kappa shape index (κ1) is 12.2. The number of nitrogens with one attached hydrogen (secondary N) is 1. The minimum Gasteiger partial charge on any atom is -0.389 e. The van der Waals surface area contributed by atoms with Gasteiger partial charge < -0.3 is 15.2 Å². The van der Waals surface area contributed by atoms with E-state index in [1.54, 1.807) is 6.07 Å². The van der Waals surface area contributed by atoms with Crippen LogP contribution >= 0.6 is 11.6 Å². The summed E-state index contributed by atoms with van der Waals surface area (Å²) in [6, 6.07) is 4.12. The second kappa shape index (κ2) is 5.90. The van der Waals surface area contributed by atoms with Crippen LogP contribution in [0.25, 0.3) is 0 Å². The quantitative estimate of drug-likeness (QED) is 0.816. The Labute approximate surface area is 92.8 Å². The van der Waals surface area contributed by atoms with Crippen LogP contribution in [-0.2, 0) is 4.74 Å². The fraction of sp³-hybridized carbons (Fsp3) is 0.400. The van der Waals surface area contributed by atoms with Gasteiger partial charge in [0.2, 0.25) is 0 Å². The molecule has 0 radical (unpaired) electrons. The third kappa shape index (κ3) is 4.46. The molecule has 0 heterocycles. The van der Waals surface area contributed by atoms with E-state index in [2.05, 4.69) is 5.32 Å². The lowest BCUT2D eigenvalue weighted by Gasteiger charge is -2.11. The van der Waals surface area contributed by atoms with Gasteiger partial charge in [0.1, 0.15) is 5.82 Å². The predicted octanol–water partition coefficient (Wildman–Crippen LogP) is 1.90. The number of rotatable bonds is 5. The monoisotopic (exact) mass is 233 g/mol. The molecule has 1 atom stereocenters. The lowest BCUT2D eigenvalue weighted by atomic mass is 10.3. The number of aliphatic hydroxyl groups is 1. The maximum Gasteiger partial charge on any atom is 0.126 e. The van der Waals surface area contributed by atoms with Crippen molar-refractivity contribution < 1.29 is 14.2 Å². The topological polar surface area (TPSA) is 41.5 Å². The van der Waals surface area contributed by atoms with E-state index in [1.165, 1.54) is 19.2 Å². The number of hydrogen-bond donors (Lipinski definition) is 2. The zero-order valence-electron chi connectivity index (χ0n) is 8.34.